The van der Waals surface area contributed by atoms with E-state index in [2.05, 4.69) is 10.5 Å². The van der Waals surface area contributed by atoms with Crippen LogP contribution in [0.5, 0.6) is 0 Å². The molecule has 0 unspecified atom stereocenters. The summed E-state index contributed by atoms with van der Waals surface area (Å²) in [4.78, 5) is 12.2. The van der Waals surface area contributed by atoms with E-state index in [0.29, 0.717) is 4.90 Å². The minimum Gasteiger partial charge on any atom is -0.273 e. The Morgan fingerprint density at radius 1 is 1.44 bits per heavy atom. The number of rotatable bonds is 2. The molecule has 1 aliphatic heterocycles. The average molecular weight is 264 g/mol. The Hall–Kier alpha value is -1.36. The number of nitrogens with one attached hydrogen (secondary N) is 1. The Kier molecular flexibility index (Phi) is 3.07. The second-order valence-electron chi connectivity index (χ2n) is 4.52. The van der Waals surface area contributed by atoms with Crippen LogP contribution in [0.15, 0.2) is 28.2 Å². The van der Waals surface area contributed by atoms with Crippen LogP contribution in [0.1, 0.15) is 24.8 Å². The molecule has 1 aromatic carbocycles. The number of benzene rings is 1. The molecule has 1 saturated carbocycles. The smallest absolute Gasteiger partial charge is 0.243 e. The van der Waals surface area contributed by atoms with Gasteiger partial charge >= 0.3 is 0 Å². The predicted molar refractivity (Wildman–Crippen MR) is 69.1 cm³/mol. The van der Waals surface area contributed by atoms with Crippen molar-refractivity contribution in [3.63, 3.8) is 0 Å². The first kappa shape index (κ1) is 11.7. The van der Waals surface area contributed by atoms with Crippen molar-refractivity contribution in [1.29, 1.82) is 0 Å². The van der Waals surface area contributed by atoms with Crippen molar-refractivity contribution in [2.75, 3.05) is 5.75 Å². The second-order valence-corrected chi connectivity index (χ2v) is 5.63. The summed E-state index contributed by atoms with van der Waals surface area (Å²) < 4.78 is 13.6. The van der Waals surface area contributed by atoms with E-state index in [1.54, 1.807) is 6.07 Å². The highest BCUT2D eigenvalue weighted by Gasteiger charge is 2.29. The number of hydrazone groups is 1. The summed E-state index contributed by atoms with van der Waals surface area (Å²) in [6, 6.07) is 4.99. The zero-order chi connectivity index (χ0) is 12.5. The van der Waals surface area contributed by atoms with Gasteiger partial charge in [0.25, 0.3) is 0 Å². The zero-order valence-corrected chi connectivity index (χ0v) is 10.6. The maximum atomic E-state index is 13.6. The van der Waals surface area contributed by atoms with Crippen molar-refractivity contribution in [1.82, 2.24) is 5.43 Å². The van der Waals surface area contributed by atoms with E-state index in [0.717, 1.165) is 36.3 Å². The fourth-order valence-corrected chi connectivity index (χ4v) is 2.99. The van der Waals surface area contributed by atoms with Crippen LogP contribution in [-0.2, 0) is 4.79 Å². The molecule has 18 heavy (non-hydrogen) atoms. The molecular formula is C13H13FN2OS. The molecule has 0 bridgehead atoms. The van der Waals surface area contributed by atoms with Crippen molar-refractivity contribution in [3.8, 4) is 0 Å². The highest BCUT2D eigenvalue weighted by molar-refractivity contribution is 7.99. The fraction of sp³-hybridized carbons (Fsp3) is 0.385. The molecule has 1 heterocycles. The number of hydrogen-bond donors (Lipinski definition) is 1. The van der Waals surface area contributed by atoms with Gasteiger partial charge in [0, 0.05) is 23.7 Å². The molecule has 0 saturated heterocycles. The Balaban J connectivity index is 1.84. The number of carbonyl (C=O) groups excluding carboxylic acids is 1. The first-order chi connectivity index (χ1) is 8.75. The molecule has 1 fully saturated rings. The van der Waals surface area contributed by atoms with Gasteiger partial charge in [0.1, 0.15) is 5.82 Å². The lowest BCUT2D eigenvalue weighted by Crippen LogP contribution is -2.23. The van der Waals surface area contributed by atoms with Crippen LogP contribution in [0.2, 0.25) is 0 Å². The molecule has 5 heteroatoms. The van der Waals surface area contributed by atoms with Gasteiger partial charge in [-0.1, -0.05) is 12.1 Å². The van der Waals surface area contributed by atoms with E-state index in [9.17, 15) is 9.18 Å². The molecule has 1 N–H and O–H groups in total. The maximum absolute atomic E-state index is 13.6. The standard InChI is InChI=1S/C13H13FN2OS/c14-10-3-1-2-9-11(6-7-18-12(9)10)15-16-13(17)8-4-5-8/h1-3,8H,4-7H2,(H,16,17)/b15-11-. The summed E-state index contributed by atoms with van der Waals surface area (Å²) in [7, 11) is 0. The molecule has 1 aliphatic carbocycles. The molecular weight excluding hydrogens is 251 g/mol. The number of hydrogen-bond acceptors (Lipinski definition) is 3. The first-order valence-electron chi connectivity index (χ1n) is 6.04. The first-order valence-corrected chi connectivity index (χ1v) is 7.02. The van der Waals surface area contributed by atoms with Crippen LogP contribution < -0.4 is 5.43 Å². The highest BCUT2D eigenvalue weighted by Crippen LogP contribution is 2.32. The number of fused-ring (bicyclic) bond motifs is 1. The highest BCUT2D eigenvalue weighted by atomic mass is 32.2. The van der Waals surface area contributed by atoms with Gasteiger partial charge in [-0.15, -0.1) is 11.8 Å². The van der Waals surface area contributed by atoms with Crippen molar-refractivity contribution >= 4 is 23.4 Å². The lowest BCUT2D eigenvalue weighted by molar-refractivity contribution is -0.122. The number of carbonyl (C=O) groups is 1. The summed E-state index contributed by atoms with van der Waals surface area (Å²) in [5.74, 6) is 0.711. The van der Waals surface area contributed by atoms with Crippen molar-refractivity contribution in [2.45, 2.75) is 24.2 Å². The molecule has 0 atom stereocenters. The Morgan fingerprint density at radius 2 is 2.28 bits per heavy atom. The third kappa shape index (κ3) is 2.27. The van der Waals surface area contributed by atoms with E-state index in [4.69, 9.17) is 0 Å². The van der Waals surface area contributed by atoms with Gasteiger partial charge in [0.15, 0.2) is 0 Å². The maximum Gasteiger partial charge on any atom is 0.243 e. The van der Waals surface area contributed by atoms with E-state index in [1.165, 1.54) is 17.8 Å². The molecule has 94 valence electrons. The number of amides is 1. The topological polar surface area (TPSA) is 41.5 Å². The minimum atomic E-state index is -0.210. The Labute approximate surface area is 109 Å². The Bertz CT molecular complexity index is 526. The predicted octanol–water partition coefficient (Wildman–Crippen LogP) is 2.55. The second kappa shape index (κ2) is 4.72. The molecule has 2 aliphatic rings. The molecule has 0 radical (unpaired) electrons. The largest absolute Gasteiger partial charge is 0.273 e. The van der Waals surface area contributed by atoms with Crippen molar-refractivity contribution in [3.05, 3.63) is 29.6 Å². The summed E-state index contributed by atoms with van der Waals surface area (Å²) in [5, 5.41) is 4.16. The molecule has 3 rings (SSSR count). The van der Waals surface area contributed by atoms with E-state index >= 15 is 0 Å². The fourth-order valence-electron chi connectivity index (χ4n) is 1.94. The normalized spacial score (nSPS) is 20.6. The van der Waals surface area contributed by atoms with E-state index in [1.807, 2.05) is 6.07 Å². The minimum absolute atomic E-state index is 0.0151. The monoisotopic (exact) mass is 264 g/mol. The van der Waals surface area contributed by atoms with E-state index in [-0.39, 0.29) is 17.6 Å². The third-order valence-electron chi connectivity index (χ3n) is 3.11. The molecule has 0 aromatic heterocycles. The summed E-state index contributed by atoms with van der Waals surface area (Å²) >= 11 is 1.50. The van der Waals surface area contributed by atoms with Crippen LogP contribution in [0, 0.1) is 11.7 Å². The van der Waals surface area contributed by atoms with Gasteiger partial charge in [-0.05, 0) is 18.9 Å². The van der Waals surface area contributed by atoms with Crippen LogP contribution in [0.4, 0.5) is 4.39 Å². The quantitative estimate of drug-likeness (QED) is 0.834. The zero-order valence-electron chi connectivity index (χ0n) is 9.78. The van der Waals surface area contributed by atoms with Gasteiger partial charge in [-0.3, -0.25) is 4.79 Å². The lowest BCUT2D eigenvalue weighted by atomic mass is 10.1. The van der Waals surface area contributed by atoms with Crippen LogP contribution in [0.3, 0.4) is 0 Å². The van der Waals surface area contributed by atoms with Crippen molar-refractivity contribution in [2.24, 2.45) is 11.0 Å². The third-order valence-corrected chi connectivity index (χ3v) is 4.22. The van der Waals surface area contributed by atoms with Gasteiger partial charge in [-0.25, -0.2) is 9.82 Å². The van der Waals surface area contributed by atoms with Crippen molar-refractivity contribution < 1.29 is 9.18 Å². The van der Waals surface area contributed by atoms with Crippen LogP contribution in [0.25, 0.3) is 0 Å². The summed E-state index contributed by atoms with van der Waals surface area (Å²) in [5.41, 5.74) is 4.17. The van der Waals surface area contributed by atoms with Gasteiger partial charge in [0.2, 0.25) is 5.91 Å². The van der Waals surface area contributed by atoms with Gasteiger partial charge in [-0.2, -0.15) is 5.10 Å². The number of thioether (sulfide) groups is 1. The van der Waals surface area contributed by atoms with Gasteiger partial charge < -0.3 is 0 Å². The summed E-state index contributed by atoms with van der Waals surface area (Å²) in [6.45, 7) is 0. The molecule has 1 aromatic rings. The van der Waals surface area contributed by atoms with E-state index < -0.39 is 0 Å². The molecule has 0 spiro atoms. The Morgan fingerprint density at radius 3 is 3.06 bits per heavy atom. The van der Waals surface area contributed by atoms with Crippen LogP contribution in [-0.4, -0.2) is 17.4 Å². The van der Waals surface area contributed by atoms with Gasteiger partial charge in [0.05, 0.1) is 10.6 Å². The number of halogens is 1. The summed E-state index contributed by atoms with van der Waals surface area (Å²) in [6.07, 6.45) is 2.67. The average Bonchev–Trinajstić information content (AvgIpc) is 3.21. The molecule has 3 nitrogen and oxygen atoms in total. The number of nitrogens with zero attached hydrogens (tertiary/aromatic N) is 1. The SMILES string of the molecule is O=C(N/N=C1/CCSc2c(F)cccc21)C1CC1. The molecule has 1 amide bonds. The lowest BCUT2D eigenvalue weighted by Gasteiger charge is -2.17. The van der Waals surface area contributed by atoms with Crippen LogP contribution >= 0.6 is 11.8 Å².